The molecule has 1 N–H and O–H groups in total. The first kappa shape index (κ1) is 12.9. The molecule has 1 aliphatic carbocycles. The first-order valence-electron chi connectivity index (χ1n) is 6.39. The second kappa shape index (κ2) is 5.85. The number of halogens is 2. The summed E-state index contributed by atoms with van der Waals surface area (Å²) in [5.74, 6) is -0.188. The predicted molar refractivity (Wildman–Crippen MR) is 73.9 cm³/mol. The van der Waals surface area contributed by atoms with Crippen molar-refractivity contribution in [3.8, 4) is 0 Å². The molecule has 0 atom stereocenters. The molecule has 3 heteroatoms. The lowest BCUT2D eigenvalue weighted by Crippen LogP contribution is -2.19. The van der Waals surface area contributed by atoms with Crippen LogP contribution in [0.2, 0.25) is 0 Å². The minimum absolute atomic E-state index is 0.188. The van der Waals surface area contributed by atoms with Gasteiger partial charge in [-0.2, -0.15) is 0 Å². The summed E-state index contributed by atoms with van der Waals surface area (Å²) < 4.78 is 14.0. The maximum absolute atomic E-state index is 13.5. The van der Waals surface area contributed by atoms with Crippen molar-refractivity contribution in [2.75, 3.05) is 5.32 Å². The van der Waals surface area contributed by atoms with Gasteiger partial charge in [0.2, 0.25) is 0 Å². The average molecular weight is 300 g/mol. The lowest BCUT2D eigenvalue weighted by atomic mass is 10.1. The lowest BCUT2D eigenvalue weighted by Gasteiger charge is -2.19. The summed E-state index contributed by atoms with van der Waals surface area (Å²) >= 11 is 3.22. The average Bonchev–Trinajstić information content (AvgIpc) is 2.54. The molecule has 0 radical (unpaired) electrons. The van der Waals surface area contributed by atoms with Crippen LogP contribution in [0.3, 0.4) is 0 Å². The number of hydrogen-bond acceptors (Lipinski definition) is 1. The molecular formula is C14H19BrFN. The molecule has 0 heterocycles. The number of nitrogens with one attached hydrogen (secondary N) is 1. The molecule has 0 amide bonds. The molecule has 0 bridgehead atoms. The molecule has 0 spiro atoms. The number of anilines is 1. The van der Waals surface area contributed by atoms with E-state index in [0.717, 1.165) is 11.3 Å². The van der Waals surface area contributed by atoms with Gasteiger partial charge in [0, 0.05) is 11.7 Å². The third-order valence-electron chi connectivity index (χ3n) is 3.48. The fraction of sp³-hybridized carbons (Fsp3) is 0.571. The molecule has 1 fully saturated rings. The number of benzene rings is 1. The van der Waals surface area contributed by atoms with Crippen molar-refractivity contribution in [3.05, 3.63) is 28.0 Å². The van der Waals surface area contributed by atoms with Crippen molar-refractivity contribution in [2.24, 2.45) is 0 Å². The molecule has 0 unspecified atom stereocenters. The summed E-state index contributed by atoms with van der Waals surface area (Å²) in [6.45, 7) is 2.02. The van der Waals surface area contributed by atoms with Gasteiger partial charge in [-0.25, -0.2) is 4.39 Å². The Morgan fingerprint density at radius 3 is 2.47 bits per heavy atom. The van der Waals surface area contributed by atoms with Crippen LogP contribution in [0.25, 0.3) is 0 Å². The van der Waals surface area contributed by atoms with Crippen LogP contribution in [0.1, 0.15) is 44.1 Å². The first-order valence-corrected chi connectivity index (χ1v) is 7.18. The fourth-order valence-corrected chi connectivity index (χ4v) is 2.90. The van der Waals surface area contributed by atoms with Gasteiger partial charge in [0.05, 0.1) is 4.47 Å². The van der Waals surface area contributed by atoms with E-state index in [1.807, 2.05) is 13.0 Å². The molecular weight excluding hydrogens is 281 g/mol. The van der Waals surface area contributed by atoms with Crippen molar-refractivity contribution in [2.45, 2.75) is 51.5 Å². The largest absolute Gasteiger partial charge is 0.382 e. The summed E-state index contributed by atoms with van der Waals surface area (Å²) in [7, 11) is 0. The topological polar surface area (TPSA) is 12.0 Å². The van der Waals surface area contributed by atoms with Crippen molar-refractivity contribution < 1.29 is 4.39 Å². The summed E-state index contributed by atoms with van der Waals surface area (Å²) in [5, 5.41) is 3.50. The quantitative estimate of drug-likeness (QED) is 0.755. The van der Waals surface area contributed by atoms with Gasteiger partial charge in [-0.3, -0.25) is 0 Å². The number of rotatable bonds is 2. The zero-order valence-electron chi connectivity index (χ0n) is 10.2. The minimum Gasteiger partial charge on any atom is -0.382 e. The molecule has 1 nitrogen and oxygen atoms in total. The van der Waals surface area contributed by atoms with E-state index < -0.39 is 0 Å². The Balaban J connectivity index is 2.09. The lowest BCUT2D eigenvalue weighted by molar-refractivity contribution is 0.609. The Morgan fingerprint density at radius 2 is 1.82 bits per heavy atom. The maximum atomic E-state index is 13.5. The molecule has 0 saturated heterocycles. The smallest absolute Gasteiger partial charge is 0.139 e. The third kappa shape index (κ3) is 3.44. The number of aryl methyl sites for hydroxylation is 1. The Bertz CT molecular complexity index is 384. The maximum Gasteiger partial charge on any atom is 0.139 e. The minimum atomic E-state index is -0.188. The van der Waals surface area contributed by atoms with E-state index in [2.05, 4.69) is 21.2 Å². The van der Waals surface area contributed by atoms with Crippen LogP contribution in [0.4, 0.5) is 10.1 Å². The Hall–Kier alpha value is -0.570. The summed E-state index contributed by atoms with van der Waals surface area (Å²) in [4.78, 5) is 0. The highest BCUT2D eigenvalue weighted by atomic mass is 79.9. The Kier molecular flexibility index (Phi) is 4.43. The van der Waals surface area contributed by atoms with E-state index >= 15 is 0 Å². The van der Waals surface area contributed by atoms with Gasteiger partial charge in [-0.1, -0.05) is 25.7 Å². The van der Waals surface area contributed by atoms with E-state index in [0.29, 0.717) is 10.5 Å². The van der Waals surface area contributed by atoms with Crippen LogP contribution in [0.15, 0.2) is 16.6 Å². The zero-order chi connectivity index (χ0) is 12.3. The van der Waals surface area contributed by atoms with E-state index in [9.17, 15) is 4.39 Å². The van der Waals surface area contributed by atoms with Crippen LogP contribution >= 0.6 is 15.9 Å². The van der Waals surface area contributed by atoms with Gasteiger partial charge in [0.1, 0.15) is 5.82 Å². The highest BCUT2D eigenvalue weighted by Gasteiger charge is 2.13. The van der Waals surface area contributed by atoms with E-state index in [1.165, 1.54) is 38.5 Å². The van der Waals surface area contributed by atoms with E-state index in [1.54, 1.807) is 6.07 Å². The Morgan fingerprint density at radius 1 is 1.18 bits per heavy atom. The summed E-state index contributed by atoms with van der Waals surface area (Å²) in [5.41, 5.74) is 2.04. The second-order valence-electron chi connectivity index (χ2n) is 4.91. The molecule has 0 aromatic heterocycles. The van der Waals surface area contributed by atoms with Gasteiger partial charge >= 0.3 is 0 Å². The van der Waals surface area contributed by atoms with Crippen LogP contribution in [0, 0.1) is 12.7 Å². The van der Waals surface area contributed by atoms with Crippen LogP contribution in [-0.4, -0.2) is 6.04 Å². The third-order valence-corrected chi connectivity index (χ3v) is 4.09. The van der Waals surface area contributed by atoms with Gasteiger partial charge in [0.25, 0.3) is 0 Å². The van der Waals surface area contributed by atoms with Crippen molar-refractivity contribution in [3.63, 3.8) is 0 Å². The van der Waals surface area contributed by atoms with E-state index in [4.69, 9.17) is 0 Å². The summed E-state index contributed by atoms with van der Waals surface area (Å²) in [6, 6.07) is 3.95. The van der Waals surface area contributed by atoms with Crippen molar-refractivity contribution in [1.82, 2.24) is 0 Å². The van der Waals surface area contributed by atoms with Gasteiger partial charge in [-0.15, -0.1) is 0 Å². The fourth-order valence-electron chi connectivity index (χ4n) is 2.45. The van der Waals surface area contributed by atoms with Crippen LogP contribution in [-0.2, 0) is 0 Å². The van der Waals surface area contributed by atoms with Crippen molar-refractivity contribution >= 4 is 21.6 Å². The molecule has 1 aromatic carbocycles. The normalized spacial score (nSPS) is 17.8. The summed E-state index contributed by atoms with van der Waals surface area (Å²) in [6.07, 6.45) is 7.66. The van der Waals surface area contributed by atoms with E-state index in [-0.39, 0.29) is 5.82 Å². The standard InChI is InChI=1S/C14H19BrFN/c1-10-8-12(15)13(16)9-14(10)17-11-6-4-2-3-5-7-11/h8-9,11,17H,2-7H2,1H3. The predicted octanol–water partition coefficient (Wildman–Crippen LogP) is 5.03. The highest BCUT2D eigenvalue weighted by molar-refractivity contribution is 9.10. The first-order chi connectivity index (χ1) is 8.16. The molecule has 94 valence electrons. The Labute approximate surface area is 111 Å². The monoisotopic (exact) mass is 299 g/mol. The molecule has 1 saturated carbocycles. The molecule has 1 aliphatic rings. The van der Waals surface area contributed by atoms with Gasteiger partial charge in [-0.05, 0) is 53.4 Å². The number of hydrogen-bond donors (Lipinski definition) is 1. The molecule has 0 aliphatic heterocycles. The SMILES string of the molecule is Cc1cc(Br)c(F)cc1NC1CCCCCC1. The van der Waals surface area contributed by atoms with Gasteiger partial charge in [0.15, 0.2) is 0 Å². The molecule has 2 rings (SSSR count). The van der Waals surface area contributed by atoms with Crippen LogP contribution in [0.5, 0.6) is 0 Å². The van der Waals surface area contributed by atoms with Gasteiger partial charge < -0.3 is 5.32 Å². The zero-order valence-corrected chi connectivity index (χ0v) is 11.8. The van der Waals surface area contributed by atoms with Crippen molar-refractivity contribution in [1.29, 1.82) is 0 Å². The second-order valence-corrected chi connectivity index (χ2v) is 5.77. The molecule has 1 aromatic rings. The van der Waals surface area contributed by atoms with Crippen LogP contribution < -0.4 is 5.32 Å². The highest BCUT2D eigenvalue weighted by Crippen LogP contribution is 2.27. The molecule has 17 heavy (non-hydrogen) atoms.